The maximum Gasteiger partial charge on any atom is 0.195 e. The number of pyridine rings is 1. The average molecular weight is 243 g/mol. The van der Waals surface area contributed by atoms with E-state index in [1.54, 1.807) is 12.1 Å². The van der Waals surface area contributed by atoms with Crippen LogP contribution in [0.25, 0.3) is 0 Å². The lowest BCUT2D eigenvalue weighted by atomic mass is 10.2. The number of aromatic nitrogens is 1. The van der Waals surface area contributed by atoms with Gasteiger partial charge in [-0.05, 0) is 25.0 Å². The summed E-state index contributed by atoms with van der Waals surface area (Å²) < 4.78 is 23.5. The van der Waals surface area contributed by atoms with Crippen molar-refractivity contribution in [2.24, 2.45) is 0 Å². The molecule has 1 N–H and O–H groups in total. The summed E-state index contributed by atoms with van der Waals surface area (Å²) in [5.74, 6) is 0.134. The Hall–Kier alpha value is -0.940. The minimum Gasteiger partial charge on any atom is -0.396 e. The first-order valence-corrected chi connectivity index (χ1v) is 7.07. The van der Waals surface area contributed by atoms with Gasteiger partial charge < -0.3 is 5.11 Å². The van der Waals surface area contributed by atoms with Gasteiger partial charge in [0.05, 0.1) is 5.75 Å². The van der Waals surface area contributed by atoms with E-state index in [0.717, 1.165) is 19.3 Å². The maximum absolute atomic E-state index is 11.8. The fourth-order valence-electron chi connectivity index (χ4n) is 1.39. The SMILES string of the molecule is O=S(=O)(CCCCCCO)c1ccccn1. The van der Waals surface area contributed by atoms with Crippen molar-refractivity contribution in [2.45, 2.75) is 30.7 Å². The van der Waals surface area contributed by atoms with Crippen LogP contribution in [0, 0.1) is 0 Å². The summed E-state index contributed by atoms with van der Waals surface area (Å²) in [4.78, 5) is 3.84. The van der Waals surface area contributed by atoms with E-state index in [1.807, 2.05) is 0 Å². The number of unbranched alkanes of at least 4 members (excludes halogenated alkanes) is 3. The summed E-state index contributed by atoms with van der Waals surface area (Å²) >= 11 is 0. The highest BCUT2D eigenvalue weighted by atomic mass is 32.2. The highest BCUT2D eigenvalue weighted by Gasteiger charge is 2.14. The molecule has 1 heterocycles. The Balaban J connectivity index is 2.41. The van der Waals surface area contributed by atoms with Gasteiger partial charge in [0.25, 0.3) is 0 Å². The lowest BCUT2D eigenvalue weighted by Gasteiger charge is -2.02. The van der Waals surface area contributed by atoms with Gasteiger partial charge in [0.1, 0.15) is 0 Å². The number of nitrogens with zero attached hydrogens (tertiary/aromatic N) is 1. The highest BCUT2D eigenvalue weighted by molar-refractivity contribution is 7.91. The topological polar surface area (TPSA) is 67.3 Å². The minimum absolute atomic E-state index is 0.134. The normalized spacial score (nSPS) is 11.6. The monoisotopic (exact) mass is 243 g/mol. The number of aliphatic hydroxyl groups excluding tert-OH is 1. The average Bonchev–Trinajstić information content (AvgIpc) is 2.30. The number of hydrogen-bond acceptors (Lipinski definition) is 4. The van der Waals surface area contributed by atoms with Gasteiger partial charge in [-0.2, -0.15) is 0 Å². The molecule has 0 saturated carbocycles. The molecule has 0 aromatic carbocycles. The second-order valence-electron chi connectivity index (χ2n) is 3.62. The molecule has 4 nitrogen and oxygen atoms in total. The van der Waals surface area contributed by atoms with E-state index < -0.39 is 9.84 Å². The molecule has 0 fully saturated rings. The molecule has 90 valence electrons. The Morgan fingerprint density at radius 3 is 2.50 bits per heavy atom. The van der Waals surface area contributed by atoms with Gasteiger partial charge in [0.2, 0.25) is 0 Å². The summed E-state index contributed by atoms with van der Waals surface area (Å²) in [6.07, 6.45) is 4.54. The molecule has 0 saturated heterocycles. The minimum atomic E-state index is -3.22. The molecular weight excluding hydrogens is 226 g/mol. The molecule has 16 heavy (non-hydrogen) atoms. The molecule has 0 spiro atoms. The summed E-state index contributed by atoms with van der Waals surface area (Å²) in [6.45, 7) is 0.174. The van der Waals surface area contributed by atoms with Crippen LogP contribution >= 0.6 is 0 Å². The van der Waals surface area contributed by atoms with E-state index in [-0.39, 0.29) is 17.4 Å². The van der Waals surface area contributed by atoms with Crippen LogP contribution in [0.15, 0.2) is 29.4 Å². The van der Waals surface area contributed by atoms with E-state index in [9.17, 15) is 8.42 Å². The fourth-order valence-corrected chi connectivity index (χ4v) is 2.69. The number of sulfone groups is 1. The Morgan fingerprint density at radius 1 is 1.12 bits per heavy atom. The van der Waals surface area contributed by atoms with Crippen LogP contribution in [0.2, 0.25) is 0 Å². The van der Waals surface area contributed by atoms with Crippen LogP contribution in [0.3, 0.4) is 0 Å². The zero-order valence-corrected chi connectivity index (χ0v) is 9.99. The molecular formula is C11H17NO3S. The van der Waals surface area contributed by atoms with Gasteiger partial charge in [-0.3, -0.25) is 0 Å². The first-order chi connectivity index (χ1) is 7.67. The van der Waals surface area contributed by atoms with Crippen LogP contribution in [-0.4, -0.2) is 30.9 Å². The van der Waals surface area contributed by atoms with Gasteiger partial charge >= 0.3 is 0 Å². The maximum atomic E-state index is 11.8. The molecule has 1 aromatic heterocycles. The standard InChI is InChI=1S/C11H17NO3S/c13-9-5-1-2-6-10-16(14,15)11-7-3-4-8-12-11/h3-4,7-8,13H,1-2,5-6,9-10H2. The molecule has 5 heteroatoms. The smallest absolute Gasteiger partial charge is 0.195 e. The third-order valence-electron chi connectivity index (χ3n) is 2.28. The van der Waals surface area contributed by atoms with E-state index in [4.69, 9.17) is 5.11 Å². The zero-order valence-electron chi connectivity index (χ0n) is 9.17. The molecule has 0 amide bonds. The third-order valence-corrected chi connectivity index (χ3v) is 3.98. The number of aliphatic hydroxyl groups is 1. The molecule has 0 radical (unpaired) electrons. The lowest BCUT2D eigenvalue weighted by molar-refractivity contribution is 0.283. The second-order valence-corrected chi connectivity index (χ2v) is 5.68. The van der Waals surface area contributed by atoms with Crippen LogP contribution in [-0.2, 0) is 9.84 Å². The van der Waals surface area contributed by atoms with Crippen molar-refractivity contribution in [1.82, 2.24) is 4.98 Å². The Bertz CT molecular complexity index is 389. The van der Waals surface area contributed by atoms with Crippen molar-refractivity contribution in [2.75, 3.05) is 12.4 Å². The summed E-state index contributed by atoms with van der Waals surface area (Å²) in [7, 11) is -3.22. The summed E-state index contributed by atoms with van der Waals surface area (Å²) in [6, 6.07) is 4.88. The van der Waals surface area contributed by atoms with Gasteiger partial charge in [0.15, 0.2) is 14.9 Å². The van der Waals surface area contributed by atoms with E-state index in [1.165, 1.54) is 12.3 Å². The zero-order chi connectivity index (χ0) is 11.9. The Morgan fingerprint density at radius 2 is 1.88 bits per heavy atom. The van der Waals surface area contributed by atoms with E-state index in [2.05, 4.69) is 4.98 Å². The third kappa shape index (κ3) is 4.28. The molecule has 0 unspecified atom stereocenters. The van der Waals surface area contributed by atoms with Crippen LogP contribution < -0.4 is 0 Å². The Labute approximate surface area is 96.3 Å². The Kier molecular flexibility index (Phi) is 5.42. The lowest BCUT2D eigenvalue weighted by Crippen LogP contribution is -2.08. The van der Waals surface area contributed by atoms with Crippen molar-refractivity contribution in [3.63, 3.8) is 0 Å². The van der Waals surface area contributed by atoms with Gasteiger partial charge in [0, 0.05) is 12.8 Å². The van der Waals surface area contributed by atoms with Crippen LogP contribution in [0.1, 0.15) is 25.7 Å². The van der Waals surface area contributed by atoms with E-state index in [0.29, 0.717) is 6.42 Å². The summed E-state index contributed by atoms with van der Waals surface area (Å²) in [5.41, 5.74) is 0. The predicted molar refractivity (Wildman–Crippen MR) is 61.8 cm³/mol. The van der Waals surface area contributed by atoms with Crippen molar-refractivity contribution in [3.8, 4) is 0 Å². The molecule has 0 aliphatic heterocycles. The first kappa shape index (κ1) is 13.1. The molecule has 0 aliphatic rings. The molecule has 0 atom stereocenters. The summed E-state index contributed by atoms with van der Waals surface area (Å²) in [5, 5.41) is 8.73. The fraction of sp³-hybridized carbons (Fsp3) is 0.545. The van der Waals surface area contributed by atoms with Crippen LogP contribution in [0.5, 0.6) is 0 Å². The van der Waals surface area contributed by atoms with Crippen LogP contribution in [0.4, 0.5) is 0 Å². The van der Waals surface area contributed by atoms with Gasteiger partial charge in [-0.25, -0.2) is 13.4 Å². The number of rotatable bonds is 7. The van der Waals surface area contributed by atoms with Gasteiger partial charge in [-0.15, -0.1) is 0 Å². The van der Waals surface area contributed by atoms with Crippen molar-refractivity contribution < 1.29 is 13.5 Å². The quantitative estimate of drug-likeness (QED) is 0.735. The van der Waals surface area contributed by atoms with Crippen molar-refractivity contribution in [1.29, 1.82) is 0 Å². The molecule has 0 aliphatic carbocycles. The predicted octanol–water partition coefficient (Wildman–Crippen LogP) is 1.41. The largest absolute Gasteiger partial charge is 0.396 e. The molecule has 0 bridgehead atoms. The number of hydrogen-bond donors (Lipinski definition) is 1. The highest BCUT2D eigenvalue weighted by Crippen LogP contribution is 2.10. The van der Waals surface area contributed by atoms with Crippen molar-refractivity contribution in [3.05, 3.63) is 24.4 Å². The van der Waals surface area contributed by atoms with Gasteiger partial charge in [-0.1, -0.05) is 18.9 Å². The second kappa shape index (κ2) is 6.60. The molecule has 1 aromatic rings. The van der Waals surface area contributed by atoms with Crippen molar-refractivity contribution >= 4 is 9.84 Å². The first-order valence-electron chi connectivity index (χ1n) is 5.41. The van der Waals surface area contributed by atoms with E-state index >= 15 is 0 Å². The molecule has 1 rings (SSSR count).